The Morgan fingerprint density at radius 1 is 1.25 bits per heavy atom. The number of esters is 2. The van der Waals surface area contributed by atoms with Gasteiger partial charge in [-0.25, -0.2) is 9.59 Å². The van der Waals surface area contributed by atoms with Crippen LogP contribution in [0.2, 0.25) is 0 Å². The Bertz CT molecular complexity index is 604. The Balaban J connectivity index is 1.73. The molecule has 1 aromatic carbocycles. The Kier molecular flexibility index (Phi) is 3.06. The Morgan fingerprint density at radius 3 is 2.70 bits per heavy atom. The summed E-state index contributed by atoms with van der Waals surface area (Å²) in [5.41, 5.74) is 0.730. The average molecular weight is 276 g/mol. The lowest BCUT2D eigenvalue weighted by atomic mass is 10.2. The fraction of sp³-hybridized carbons (Fsp3) is 0.286. The Labute approximate surface area is 114 Å². The van der Waals surface area contributed by atoms with Gasteiger partial charge in [-0.1, -0.05) is 0 Å². The lowest BCUT2D eigenvalue weighted by Gasteiger charge is -2.18. The van der Waals surface area contributed by atoms with E-state index >= 15 is 0 Å². The maximum atomic E-state index is 12.0. The van der Waals surface area contributed by atoms with Crippen LogP contribution in [0.25, 0.3) is 0 Å². The number of benzene rings is 1. The third kappa shape index (κ3) is 2.32. The predicted octanol–water partition coefficient (Wildman–Crippen LogP) is 1.44. The zero-order chi connectivity index (χ0) is 14.1. The first-order valence-electron chi connectivity index (χ1n) is 6.13. The van der Waals surface area contributed by atoms with Crippen molar-refractivity contribution in [2.45, 2.75) is 13.2 Å². The standard InChI is InChI=1S/C14H12O6/c1-8-6-12(19-13(8)15)20-14(16)9-2-3-10-11(7-9)18-5-4-17-10/h2-3,6-7,12H,4-5H2,1H3/t12-/m0/s1. The molecule has 0 aromatic heterocycles. The van der Waals surface area contributed by atoms with Gasteiger partial charge in [0.25, 0.3) is 6.29 Å². The fourth-order valence-electron chi connectivity index (χ4n) is 1.91. The summed E-state index contributed by atoms with van der Waals surface area (Å²) in [6, 6.07) is 4.76. The minimum absolute atomic E-state index is 0.309. The zero-order valence-electron chi connectivity index (χ0n) is 10.8. The first-order chi connectivity index (χ1) is 9.63. The second kappa shape index (κ2) is 4.88. The van der Waals surface area contributed by atoms with Crippen molar-refractivity contribution in [3.63, 3.8) is 0 Å². The van der Waals surface area contributed by atoms with E-state index in [1.165, 1.54) is 6.08 Å². The van der Waals surface area contributed by atoms with Crippen LogP contribution < -0.4 is 9.47 Å². The Hall–Kier alpha value is -2.50. The third-order valence-corrected chi connectivity index (χ3v) is 2.93. The van der Waals surface area contributed by atoms with Gasteiger partial charge in [-0.2, -0.15) is 0 Å². The highest BCUT2D eigenvalue weighted by Gasteiger charge is 2.26. The van der Waals surface area contributed by atoms with Crippen molar-refractivity contribution < 1.29 is 28.5 Å². The molecule has 2 aliphatic heterocycles. The van der Waals surface area contributed by atoms with Gasteiger partial charge in [0.2, 0.25) is 0 Å². The van der Waals surface area contributed by atoms with E-state index in [1.807, 2.05) is 0 Å². The number of cyclic esters (lactones) is 1. The van der Waals surface area contributed by atoms with Crippen LogP contribution in [0.1, 0.15) is 17.3 Å². The van der Waals surface area contributed by atoms with Crippen molar-refractivity contribution in [2.75, 3.05) is 13.2 Å². The summed E-state index contributed by atoms with van der Waals surface area (Å²) < 4.78 is 20.7. The molecule has 2 heterocycles. The first-order valence-corrected chi connectivity index (χ1v) is 6.13. The topological polar surface area (TPSA) is 71.1 Å². The van der Waals surface area contributed by atoms with E-state index in [0.29, 0.717) is 35.8 Å². The quantitative estimate of drug-likeness (QED) is 0.761. The number of hydrogen-bond acceptors (Lipinski definition) is 6. The van der Waals surface area contributed by atoms with Gasteiger partial charge < -0.3 is 18.9 Å². The van der Waals surface area contributed by atoms with Crippen molar-refractivity contribution in [3.05, 3.63) is 35.4 Å². The summed E-state index contributed by atoms with van der Waals surface area (Å²) in [7, 11) is 0. The molecule has 0 bridgehead atoms. The second-order valence-electron chi connectivity index (χ2n) is 4.39. The van der Waals surface area contributed by atoms with Crippen molar-refractivity contribution in [3.8, 4) is 11.5 Å². The van der Waals surface area contributed by atoms with Crippen LogP contribution in [0.4, 0.5) is 0 Å². The van der Waals surface area contributed by atoms with Crippen molar-refractivity contribution in [2.24, 2.45) is 0 Å². The van der Waals surface area contributed by atoms with E-state index in [9.17, 15) is 9.59 Å². The molecular formula is C14H12O6. The molecule has 2 aliphatic rings. The van der Waals surface area contributed by atoms with E-state index in [4.69, 9.17) is 18.9 Å². The monoisotopic (exact) mass is 276 g/mol. The molecule has 1 aromatic rings. The van der Waals surface area contributed by atoms with Gasteiger partial charge in [0.05, 0.1) is 5.56 Å². The van der Waals surface area contributed by atoms with Gasteiger partial charge in [0.1, 0.15) is 13.2 Å². The summed E-state index contributed by atoms with van der Waals surface area (Å²) in [4.78, 5) is 23.1. The van der Waals surface area contributed by atoms with Gasteiger partial charge in [0, 0.05) is 11.6 Å². The van der Waals surface area contributed by atoms with E-state index in [-0.39, 0.29) is 0 Å². The molecule has 0 radical (unpaired) electrons. The fourth-order valence-corrected chi connectivity index (χ4v) is 1.91. The number of fused-ring (bicyclic) bond motifs is 1. The number of ether oxygens (including phenoxy) is 4. The van der Waals surface area contributed by atoms with Crippen molar-refractivity contribution in [1.82, 2.24) is 0 Å². The van der Waals surface area contributed by atoms with Gasteiger partial charge in [0.15, 0.2) is 11.5 Å². The van der Waals surface area contributed by atoms with Crippen LogP contribution in [0, 0.1) is 0 Å². The molecule has 20 heavy (non-hydrogen) atoms. The molecule has 6 heteroatoms. The molecule has 0 unspecified atom stereocenters. The molecule has 3 rings (SSSR count). The lowest BCUT2D eigenvalue weighted by Crippen LogP contribution is -2.19. The van der Waals surface area contributed by atoms with Crippen LogP contribution in [-0.4, -0.2) is 31.4 Å². The molecule has 0 N–H and O–H groups in total. The largest absolute Gasteiger partial charge is 0.486 e. The molecule has 0 saturated carbocycles. The van der Waals surface area contributed by atoms with Gasteiger partial charge >= 0.3 is 11.9 Å². The minimum Gasteiger partial charge on any atom is -0.486 e. The zero-order valence-corrected chi connectivity index (χ0v) is 10.8. The summed E-state index contributed by atoms with van der Waals surface area (Å²) >= 11 is 0. The highest BCUT2D eigenvalue weighted by Crippen LogP contribution is 2.31. The molecule has 0 amide bonds. The van der Waals surface area contributed by atoms with E-state index in [0.717, 1.165) is 0 Å². The summed E-state index contributed by atoms with van der Waals surface area (Å²) in [6.45, 7) is 2.52. The Morgan fingerprint density at radius 2 is 2.00 bits per heavy atom. The first kappa shape index (κ1) is 12.5. The van der Waals surface area contributed by atoms with Gasteiger partial charge in [-0.3, -0.25) is 0 Å². The van der Waals surface area contributed by atoms with Gasteiger partial charge in [-0.05, 0) is 25.1 Å². The molecule has 104 valence electrons. The third-order valence-electron chi connectivity index (χ3n) is 2.93. The van der Waals surface area contributed by atoms with Crippen LogP contribution in [0.15, 0.2) is 29.8 Å². The predicted molar refractivity (Wildman–Crippen MR) is 66.5 cm³/mol. The molecule has 0 aliphatic carbocycles. The highest BCUT2D eigenvalue weighted by molar-refractivity contribution is 5.92. The van der Waals surface area contributed by atoms with Crippen LogP contribution >= 0.6 is 0 Å². The van der Waals surface area contributed by atoms with Gasteiger partial charge in [-0.15, -0.1) is 0 Å². The van der Waals surface area contributed by atoms with Crippen molar-refractivity contribution in [1.29, 1.82) is 0 Å². The van der Waals surface area contributed by atoms with E-state index < -0.39 is 18.2 Å². The molecule has 0 fully saturated rings. The minimum atomic E-state index is -0.969. The number of carbonyl (C=O) groups is 2. The molecule has 0 saturated heterocycles. The molecule has 0 spiro atoms. The maximum Gasteiger partial charge on any atom is 0.341 e. The smallest absolute Gasteiger partial charge is 0.341 e. The highest BCUT2D eigenvalue weighted by atomic mass is 16.7. The second-order valence-corrected chi connectivity index (χ2v) is 4.39. The van der Waals surface area contributed by atoms with E-state index in [1.54, 1.807) is 25.1 Å². The van der Waals surface area contributed by atoms with Crippen LogP contribution in [0.3, 0.4) is 0 Å². The van der Waals surface area contributed by atoms with Crippen LogP contribution in [0.5, 0.6) is 11.5 Å². The van der Waals surface area contributed by atoms with E-state index in [2.05, 4.69) is 0 Å². The SMILES string of the molecule is CC1=C[C@H](OC(=O)c2ccc3c(c2)OCCO3)OC1=O. The number of hydrogen-bond donors (Lipinski definition) is 0. The summed E-state index contributed by atoms with van der Waals surface area (Å²) in [6.07, 6.45) is 0.487. The average Bonchev–Trinajstić information content (AvgIpc) is 2.76. The summed E-state index contributed by atoms with van der Waals surface area (Å²) in [5, 5.41) is 0. The van der Waals surface area contributed by atoms with Crippen molar-refractivity contribution >= 4 is 11.9 Å². The number of carbonyl (C=O) groups excluding carboxylic acids is 2. The normalized spacial score (nSPS) is 20.1. The lowest BCUT2D eigenvalue weighted by molar-refractivity contribution is -0.151. The van der Waals surface area contributed by atoms with Crippen LogP contribution in [-0.2, 0) is 14.3 Å². The maximum absolute atomic E-state index is 12.0. The molecule has 1 atom stereocenters. The summed E-state index contributed by atoms with van der Waals surface area (Å²) in [5.74, 6) is 0.0207. The number of rotatable bonds is 2. The molecule has 6 nitrogen and oxygen atoms in total. The molecular weight excluding hydrogens is 264 g/mol.